The van der Waals surface area contributed by atoms with Gasteiger partial charge in [-0.3, -0.25) is 0 Å². The SMILES string of the molecule is COc1ccc2cc(CN[C@@H]3CNCC[C@@H]3c3ccc(OCCCOCc4ccccc4OC)cc3)ccc2c1. The quantitative estimate of drug-likeness (QED) is 0.201. The summed E-state index contributed by atoms with van der Waals surface area (Å²) < 4.78 is 22.5. The first kappa shape index (κ1) is 28.0. The molecule has 2 atom stereocenters. The predicted molar refractivity (Wildman–Crippen MR) is 161 cm³/mol. The zero-order chi connectivity index (χ0) is 27.6. The Kier molecular flexibility index (Phi) is 9.91. The predicted octanol–water partition coefficient (Wildman–Crippen LogP) is 6.08. The third-order valence-corrected chi connectivity index (χ3v) is 7.62. The van der Waals surface area contributed by atoms with Gasteiger partial charge in [0.05, 0.1) is 34.0 Å². The number of para-hydroxylation sites is 1. The fourth-order valence-corrected chi connectivity index (χ4v) is 5.40. The number of methoxy groups -OCH3 is 2. The van der Waals surface area contributed by atoms with E-state index in [4.69, 9.17) is 18.9 Å². The lowest BCUT2D eigenvalue weighted by Gasteiger charge is -2.33. The van der Waals surface area contributed by atoms with Crippen LogP contribution in [0, 0.1) is 0 Å². The summed E-state index contributed by atoms with van der Waals surface area (Å²) in [5, 5.41) is 9.82. The van der Waals surface area contributed by atoms with Crippen molar-refractivity contribution in [2.24, 2.45) is 0 Å². The molecule has 1 saturated heterocycles. The molecule has 6 nitrogen and oxygen atoms in total. The molecular weight excluding hydrogens is 500 g/mol. The zero-order valence-corrected chi connectivity index (χ0v) is 23.5. The van der Waals surface area contributed by atoms with E-state index in [1.807, 2.05) is 30.3 Å². The number of hydrogen-bond acceptors (Lipinski definition) is 6. The molecular formula is C34H40N2O4. The molecule has 1 aliphatic rings. The van der Waals surface area contributed by atoms with Crippen LogP contribution in [-0.2, 0) is 17.9 Å². The number of ether oxygens (including phenoxy) is 4. The fourth-order valence-electron chi connectivity index (χ4n) is 5.40. The van der Waals surface area contributed by atoms with Gasteiger partial charge in [-0.1, -0.05) is 48.5 Å². The molecule has 2 N–H and O–H groups in total. The molecule has 0 aromatic heterocycles. The second kappa shape index (κ2) is 14.2. The van der Waals surface area contributed by atoms with E-state index < -0.39 is 0 Å². The molecule has 4 aromatic carbocycles. The molecule has 0 spiro atoms. The van der Waals surface area contributed by atoms with Crippen LogP contribution in [0.15, 0.2) is 84.9 Å². The molecule has 0 aliphatic carbocycles. The van der Waals surface area contributed by atoms with Crippen LogP contribution in [0.1, 0.15) is 35.4 Å². The van der Waals surface area contributed by atoms with E-state index >= 15 is 0 Å². The van der Waals surface area contributed by atoms with Gasteiger partial charge in [0.15, 0.2) is 0 Å². The van der Waals surface area contributed by atoms with Crippen molar-refractivity contribution in [3.63, 3.8) is 0 Å². The summed E-state index contributed by atoms with van der Waals surface area (Å²) >= 11 is 0. The number of benzene rings is 4. The molecule has 0 saturated carbocycles. The summed E-state index contributed by atoms with van der Waals surface area (Å²) in [5.41, 5.74) is 3.71. The minimum Gasteiger partial charge on any atom is -0.497 e. The number of nitrogens with one attached hydrogen (secondary N) is 2. The van der Waals surface area contributed by atoms with Gasteiger partial charge in [-0.2, -0.15) is 0 Å². The molecule has 0 unspecified atom stereocenters. The van der Waals surface area contributed by atoms with E-state index in [2.05, 4.69) is 65.2 Å². The maximum Gasteiger partial charge on any atom is 0.124 e. The Bertz CT molecular complexity index is 1360. The topological polar surface area (TPSA) is 61.0 Å². The van der Waals surface area contributed by atoms with Crippen LogP contribution in [0.5, 0.6) is 17.2 Å². The molecule has 4 aromatic rings. The van der Waals surface area contributed by atoms with Gasteiger partial charge < -0.3 is 29.6 Å². The Morgan fingerprint density at radius 2 is 1.62 bits per heavy atom. The van der Waals surface area contributed by atoms with Crippen LogP contribution in [0.25, 0.3) is 10.8 Å². The molecule has 5 rings (SSSR count). The lowest BCUT2D eigenvalue weighted by atomic mass is 9.86. The van der Waals surface area contributed by atoms with Crippen LogP contribution in [0.2, 0.25) is 0 Å². The van der Waals surface area contributed by atoms with Crippen molar-refractivity contribution in [1.29, 1.82) is 0 Å². The monoisotopic (exact) mass is 540 g/mol. The van der Waals surface area contributed by atoms with Gasteiger partial charge in [0.2, 0.25) is 0 Å². The smallest absolute Gasteiger partial charge is 0.124 e. The number of hydrogen-bond donors (Lipinski definition) is 2. The van der Waals surface area contributed by atoms with E-state index in [1.54, 1.807) is 14.2 Å². The highest BCUT2D eigenvalue weighted by Gasteiger charge is 2.26. The Labute approximate surface area is 237 Å². The third-order valence-electron chi connectivity index (χ3n) is 7.62. The Morgan fingerprint density at radius 1 is 0.825 bits per heavy atom. The maximum atomic E-state index is 5.99. The van der Waals surface area contributed by atoms with E-state index in [9.17, 15) is 0 Å². The van der Waals surface area contributed by atoms with Crippen molar-refractivity contribution in [2.75, 3.05) is 40.5 Å². The fraction of sp³-hybridized carbons (Fsp3) is 0.353. The second-order valence-electron chi connectivity index (χ2n) is 10.3. The Balaban J connectivity index is 1.08. The first-order chi connectivity index (χ1) is 19.7. The van der Waals surface area contributed by atoms with E-state index in [0.717, 1.165) is 55.3 Å². The van der Waals surface area contributed by atoms with E-state index in [1.165, 1.54) is 21.9 Å². The van der Waals surface area contributed by atoms with Gasteiger partial charge in [-0.15, -0.1) is 0 Å². The minimum atomic E-state index is 0.368. The van der Waals surface area contributed by atoms with Crippen molar-refractivity contribution in [1.82, 2.24) is 10.6 Å². The molecule has 1 aliphatic heterocycles. The summed E-state index contributed by atoms with van der Waals surface area (Å²) in [6.07, 6.45) is 1.94. The van der Waals surface area contributed by atoms with Crippen molar-refractivity contribution in [3.05, 3.63) is 102 Å². The van der Waals surface area contributed by atoms with Crippen LogP contribution in [0.4, 0.5) is 0 Å². The van der Waals surface area contributed by atoms with Gasteiger partial charge >= 0.3 is 0 Å². The van der Waals surface area contributed by atoms with Crippen LogP contribution in [-0.4, -0.2) is 46.6 Å². The first-order valence-electron chi connectivity index (χ1n) is 14.2. The normalized spacial score (nSPS) is 17.1. The largest absolute Gasteiger partial charge is 0.497 e. The highest BCUT2D eigenvalue weighted by molar-refractivity contribution is 5.84. The second-order valence-corrected chi connectivity index (χ2v) is 10.3. The van der Waals surface area contributed by atoms with Crippen molar-refractivity contribution in [3.8, 4) is 17.2 Å². The van der Waals surface area contributed by atoms with Crippen molar-refractivity contribution >= 4 is 10.8 Å². The molecule has 0 bridgehead atoms. The van der Waals surface area contributed by atoms with E-state index in [-0.39, 0.29) is 0 Å². The van der Waals surface area contributed by atoms with Gasteiger partial charge in [-0.05, 0) is 71.3 Å². The maximum absolute atomic E-state index is 5.99. The highest BCUT2D eigenvalue weighted by atomic mass is 16.5. The standard InChI is InChI=1S/C34H40N2O4/c1-37-31-15-12-27-20-25(8-9-28(27)21-31)22-36-33-23-35-17-16-32(33)26-10-13-30(14-11-26)40-19-5-18-39-24-29-6-3-4-7-34(29)38-2/h3-4,6-15,20-21,32-33,35-36H,5,16-19,22-24H2,1-2H3/t32-,33-/m1/s1. The van der Waals surface area contributed by atoms with Gasteiger partial charge in [0, 0.05) is 37.0 Å². The Hall–Kier alpha value is -3.58. The average molecular weight is 541 g/mol. The Morgan fingerprint density at radius 3 is 2.48 bits per heavy atom. The molecule has 0 amide bonds. The average Bonchev–Trinajstić information content (AvgIpc) is 3.02. The number of rotatable bonds is 13. The lowest BCUT2D eigenvalue weighted by Crippen LogP contribution is -2.47. The molecule has 1 fully saturated rings. The number of piperidine rings is 1. The van der Waals surface area contributed by atoms with E-state index in [0.29, 0.717) is 31.8 Å². The molecule has 1 heterocycles. The number of fused-ring (bicyclic) bond motifs is 1. The van der Waals surface area contributed by atoms with Crippen molar-refractivity contribution in [2.45, 2.75) is 38.0 Å². The molecule has 40 heavy (non-hydrogen) atoms. The third kappa shape index (κ3) is 7.33. The molecule has 6 heteroatoms. The van der Waals surface area contributed by atoms with Crippen LogP contribution >= 0.6 is 0 Å². The molecule has 0 radical (unpaired) electrons. The van der Waals surface area contributed by atoms with Gasteiger partial charge in [0.1, 0.15) is 17.2 Å². The molecule has 210 valence electrons. The van der Waals surface area contributed by atoms with Crippen molar-refractivity contribution < 1.29 is 18.9 Å². The summed E-state index contributed by atoms with van der Waals surface area (Å²) in [7, 11) is 3.39. The summed E-state index contributed by atoms with van der Waals surface area (Å²) in [5.74, 6) is 3.11. The lowest BCUT2D eigenvalue weighted by molar-refractivity contribution is 0.105. The minimum absolute atomic E-state index is 0.368. The van der Waals surface area contributed by atoms with Crippen LogP contribution < -0.4 is 24.8 Å². The van der Waals surface area contributed by atoms with Gasteiger partial charge in [0.25, 0.3) is 0 Å². The van der Waals surface area contributed by atoms with Crippen LogP contribution in [0.3, 0.4) is 0 Å². The summed E-state index contributed by atoms with van der Waals surface area (Å²) in [6, 6.07) is 29.8. The van der Waals surface area contributed by atoms with Gasteiger partial charge in [-0.25, -0.2) is 0 Å². The first-order valence-corrected chi connectivity index (χ1v) is 14.2. The summed E-state index contributed by atoms with van der Waals surface area (Å²) in [4.78, 5) is 0. The highest BCUT2D eigenvalue weighted by Crippen LogP contribution is 2.28. The zero-order valence-electron chi connectivity index (χ0n) is 23.5. The summed E-state index contributed by atoms with van der Waals surface area (Å²) in [6.45, 7) is 4.65.